The summed E-state index contributed by atoms with van der Waals surface area (Å²) in [6.07, 6.45) is 0.964. The Morgan fingerprint density at radius 3 is 2.72 bits per heavy atom. The normalized spacial score (nSPS) is 18.8. The third-order valence-corrected chi connectivity index (χ3v) is 4.35. The van der Waals surface area contributed by atoms with Crippen molar-refractivity contribution in [3.05, 3.63) is 15.6 Å². The van der Waals surface area contributed by atoms with Gasteiger partial charge in [-0.05, 0) is 13.3 Å². The molecule has 0 bridgehead atoms. The van der Waals surface area contributed by atoms with E-state index in [0.29, 0.717) is 0 Å². The molecule has 0 spiro atoms. The van der Waals surface area contributed by atoms with Gasteiger partial charge in [0.15, 0.2) is 5.69 Å². The zero-order chi connectivity index (χ0) is 13.1. The second-order valence-electron chi connectivity index (χ2n) is 4.47. The summed E-state index contributed by atoms with van der Waals surface area (Å²) in [5, 5.41) is 13.3. The highest BCUT2D eigenvalue weighted by molar-refractivity contribution is 7.11. The lowest BCUT2D eigenvalue weighted by atomic mass is 10.2. The van der Waals surface area contributed by atoms with Crippen molar-refractivity contribution in [1.29, 1.82) is 0 Å². The number of aryl methyl sites for hydroxylation is 1. The standard InChI is InChI=1S/C12H19N3O2S/c1-3-9(15-6-4-13-5-7-15)11-14-10(12(16)17)8(2)18-11/h9,13H,3-7H2,1-2H3,(H,16,17). The molecule has 1 atom stereocenters. The Morgan fingerprint density at radius 1 is 1.56 bits per heavy atom. The number of nitrogens with zero attached hydrogens (tertiary/aromatic N) is 2. The summed E-state index contributed by atoms with van der Waals surface area (Å²) in [6, 6.07) is 0.254. The van der Waals surface area contributed by atoms with E-state index in [-0.39, 0.29) is 11.7 Å². The van der Waals surface area contributed by atoms with E-state index in [0.717, 1.165) is 42.5 Å². The fourth-order valence-electron chi connectivity index (χ4n) is 2.34. The minimum atomic E-state index is -0.926. The van der Waals surface area contributed by atoms with Crippen molar-refractivity contribution in [3.63, 3.8) is 0 Å². The van der Waals surface area contributed by atoms with Crippen LogP contribution in [0.3, 0.4) is 0 Å². The highest BCUT2D eigenvalue weighted by atomic mass is 32.1. The van der Waals surface area contributed by atoms with E-state index >= 15 is 0 Å². The third kappa shape index (κ3) is 2.71. The average Bonchev–Trinajstić information content (AvgIpc) is 2.74. The summed E-state index contributed by atoms with van der Waals surface area (Å²) in [4.78, 5) is 18.5. The third-order valence-electron chi connectivity index (χ3n) is 3.28. The van der Waals surface area contributed by atoms with Crippen LogP contribution >= 0.6 is 11.3 Å². The largest absolute Gasteiger partial charge is 0.476 e. The van der Waals surface area contributed by atoms with Crippen molar-refractivity contribution < 1.29 is 9.90 Å². The summed E-state index contributed by atoms with van der Waals surface area (Å²) in [5.74, 6) is -0.926. The van der Waals surface area contributed by atoms with Crippen LogP contribution in [0.1, 0.15) is 39.8 Å². The first-order valence-electron chi connectivity index (χ1n) is 6.28. The highest BCUT2D eigenvalue weighted by Gasteiger charge is 2.25. The van der Waals surface area contributed by atoms with Crippen LogP contribution in [0, 0.1) is 6.92 Å². The van der Waals surface area contributed by atoms with Gasteiger partial charge in [0.1, 0.15) is 5.01 Å². The maximum atomic E-state index is 11.0. The number of rotatable bonds is 4. The number of hydrogen-bond donors (Lipinski definition) is 2. The minimum Gasteiger partial charge on any atom is -0.476 e. The van der Waals surface area contributed by atoms with Gasteiger partial charge < -0.3 is 10.4 Å². The molecule has 1 fully saturated rings. The summed E-state index contributed by atoms with van der Waals surface area (Å²) in [6.45, 7) is 7.94. The van der Waals surface area contributed by atoms with Crippen LogP contribution in [0.25, 0.3) is 0 Å². The smallest absolute Gasteiger partial charge is 0.355 e. The average molecular weight is 269 g/mol. The summed E-state index contributed by atoms with van der Waals surface area (Å²) < 4.78 is 0. The van der Waals surface area contributed by atoms with Gasteiger partial charge in [0, 0.05) is 31.1 Å². The van der Waals surface area contributed by atoms with Gasteiger partial charge in [-0.3, -0.25) is 4.90 Å². The number of carbonyl (C=O) groups is 1. The molecule has 2 N–H and O–H groups in total. The molecule has 5 nitrogen and oxygen atoms in total. The van der Waals surface area contributed by atoms with Crippen LogP contribution in [-0.4, -0.2) is 47.1 Å². The van der Waals surface area contributed by atoms with Crippen molar-refractivity contribution in [1.82, 2.24) is 15.2 Å². The summed E-state index contributed by atoms with van der Waals surface area (Å²) in [5.41, 5.74) is 0.212. The molecule has 100 valence electrons. The molecule has 2 heterocycles. The van der Waals surface area contributed by atoms with Gasteiger partial charge in [-0.15, -0.1) is 11.3 Å². The van der Waals surface area contributed by atoms with Crippen LogP contribution in [0.15, 0.2) is 0 Å². The zero-order valence-electron chi connectivity index (χ0n) is 10.8. The van der Waals surface area contributed by atoms with Gasteiger partial charge in [-0.25, -0.2) is 9.78 Å². The molecule has 6 heteroatoms. The number of thiazole rings is 1. The van der Waals surface area contributed by atoms with E-state index in [9.17, 15) is 4.79 Å². The van der Waals surface area contributed by atoms with Crippen molar-refractivity contribution in [2.24, 2.45) is 0 Å². The van der Waals surface area contributed by atoms with Crippen molar-refractivity contribution >= 4 is 17.3 Å². The Bertz CT molecular complexity index is 427. The minimum absolute atomic E-state index is 0.212. The van der Waals surface area contributed by atoms with Crippen LogP contribution in [0.4, 0.5) is 0 Å². The Kier molecular flexibility index (Phi) is 4.31. The SMILES string of the molecule is CCC(c1nc(C(=O)O)c(C)s1)N1CCNCC1. The molecule has 0 aromatic carbocycles. The Morgan fingerprint density at radius 2 is 2.22 bits per heavy atom. The van der Waals surface area contributed by atoms with E-state index in [1.165, 1.54) is 11.3 Å². The maximum Gasteiger partial charge on any atom is 0.355 e. The highest BCUT2D eigenvalue weighted by Crippen LogP contribution is 2.30. The van der Waals surface area contributed by atoms with Crippen molar-refractivity contribution in [2.45, 2.75) is 26.3 Å². The fourth-order valence-corrected chi connectivity index (χ4v) is 3.47. The molecular weight excluding hydrogens is 250 g/mol. The van der Waals surface area contributed by atoms with Gasteiger partial charge in [-0.1, -0.05) is 6.92 Å². The molecule has 1 aliphatic heterocycles. The second-order valence-corrected chi connectivity index (χ2v) is 5.71. The predicted octanol–water partition coefficient (Wildman–Crippen LogP) is 1.51. The molecule has 1 aliphatic rings. The lowest BCUT2D eigenvalue weighted by Crippen LogP contribution is -2.45. The number of aromatic nitrogens is 1. The number of hydrogen-bond acceptors (Lipinski definition) is 5. The van der Waals surface area contributed by atoms with Gasteiger partial charge in [0.2, 0.25) is 0 Å². The number of carboxylic acids is 1. The van der Waals surface area contributed by atoms with Crippen molar-refractivity contribution in [2.75, 3.05) is 26.2 Å². The Hall–Kier alpha value is -0.980. The molecular formula is C12H19N3O2S. The topological polar surface area (TPSA) is 65.5 Å². The number of piperazine rings is 1. The Labute approximate surface area is 111 Å². The predicted molar refractivity (Wildman–Crippen MR) is 71.3 cm³/mol. The maximum absolute atomic E-state index is 11.0. The van der Waals surface area contributed by atoms with Gasteiger partial charge in [-0.2, -0.15) is 0 Å². The van der Waals surface area contributed by atoms with Crippen LogP contribution in [0.5, 0.6) is 0 Å². The van der Waals surface area contributed by atoms with E-state index in [1.54, 1.807) is 0 Å². The molecule has 0 amide bonds. The molecule has 2 rings (SSSR count). The van der Waals surface area contributed by atoms with E-state index in [2.05, 4.69) is 22.1 Å². The van der Waals surface area contributed by atoms with Gasteiger partial charge in [0.25, 0.3) is 0 Å². The van der Waals surface area contributed by atoms with E-state index < -0.39 is 5.97 Å². The first kappa shape index (κ1) is 13.5. The molecule has 1 unspecified atom stereocenters. The quantitative estimate of drug-likeness (QED) is 0.867. The van der Waals surface area contributed by atoms with Gasteiger partial charge >= 0.3 is 5.97 Å². The second kappa shape index (κ2) is 5.77. The lowest BCUT2D eigenvalue weighted by Gasteiger charge is -2.33. The number of nitrogens with one attached hydrogen (secondary N) is 1. The first-order valence-corrected chi connectivity index (χ1v) is 7.10. The number of carboxylic acid groups (broad SMARTS) is 1. The molecule has 1 saturated heterocycles. The molecule has 0 radical (unpaired) electrons. The molecule has 0 saturated carbocycles. The monoisotopic (exact) mass is 269 g/mol. The zero-order valence-corrected chi connectivity index (χ0v) is 11.6. The fraction of sp³-hybridized carbons (Fsp3) is 0.667. The van der Waals surface area contributed by atoms with Crippen LogP contribution in [-0.2, 0) is 0 Å². The molecule has 1 aromatic rings. The Balaban J connectivity index is 2.21. The van der Waals surface area contributed by atoms with Crippen LogP contribution in [0.2, 0.25) is 0 Å². The van der Waals surface area contributed by atoms with Gasteiger partial charge in [0.05, 0.1) is 6.04 Å². The first-order chi connectivity index (χ1) is 8.63. The van der Waals surface area contributed by atoms with E-state index in [1.807, 2.05) is 6.92 Å². The van der Waals surface area contributed by atoms with Crippen LogP contribution < -0.4 is 5.32 Å². The van der Waals surface area contributed by atoms with E-state index in [4.69, 9.17) is 5.11 Å². The lowest BCUT2D eigenvalue weighted by molar-refractivity contribution is 0.0689. The summed E-state index contributed by atoms with van der Waals surface area (Å²) in [7, 11) is 0. The molecule has 1 aromatic heterocycles. The molecule has 0 aliphatic carbocycles. The number of aromatic carboxylic acids is 1. The van der Waals surface area contributed by atoms with Crippen molar-refractivity contribution in [3.8, 4) is 0 Å². The summed E-state index contributed by atoms with van der Waals surface area (Å²) >= 11 is 1.52. The molecule has 18 heavy (non-hydrogen) atoms.